The van der Waals surface area contributed by atoms with Crippen LogP contribution >= 0.6 is 0 Å². The zero-order chi connectivity index (χ0) is 29.1. The molecule has 3 N–H and O–H groups in total. The van der Waals surface area contributed by atoms with Crippen molar-refractivity contribution in [3.63, 3.8) is 0 Å². The fourth-order valence-corrected chi connectivity index (χ4v) is 6.55. The van der Waals surface area contributed by atoms with Crippen LogP contribution in [0.25, 0.3) is 11.1 Å². The molecule has 9 nitrogen and oxygen atoms in total. The molecule has 1 unspecified atom stereocenters. The van der Waals surface area contributed by atoms with E-state index in [0.29, 0.717) is 39.1 Å². The van der Waals surface area contributed by atoms with Crippen LogP contribution in [0.2, 0.25) is 0 Å². The fourth-order valence-electron chi connectivity index (χ4n) is 6.55. The molecule has 218 valence electrons. The molecule has 2 aliphatic heterocycles. The summed E-state index contributed by atoms with van der Waals surface area (Å²) >= 11 is 0. The van der Waals surface area contributed by atoms with Crippen LogP contribution in [0.5, 0.6) is 0 Å². The van der Waals surface area contributed by atoms with Gasteiger partial charge in [0.15, 0.2) is 6.10 Å². The smallest absolute Gasteiger partial charge is 0.408 e. The van der Waals surface area contributed by atoms with E-state index in [4.69, 9.17) is 9.47 Å². The minimum atomic E-state index is -1.21. The Balaban J connectivity index is 1.15. The Kier molecular flexibility index (Phi) is 7.95. The number of carbonyl (C=O) groups is 3. The predicted octanol–water partition coefficient (Wildman–Crippen LogP) is 3.78. The average Bonchev–Trinajstić information content (AvgIpc) is 3.72. The van der Waals surface area contributed by atoms with Gasteiger partial charge < -0.3 is 25.2 Å². The third-order valence-corrected chi connectivity index (χ3v) is 8.70. The number of ether oxygens (including phenoxy) is 2. The number of fused-ring (bicyclic) bond motifs is 3. The Morgan fingerprint density at radius 3 is 2.31 bits per heavy atom. The molecule has 3 aromatic carbocycles. The van der Waals surface area contributed by atoms with Gasteiger partial charge in [-0.25, -0.2) is 9.59 Å². The lowest BCUT2D eigenvalue weighted by molar-refractivity contribution is -0.149. The number of carboxylic acid groups (broad SMARTS) is 1. The molecular formula is C33H35N3O6. The molecule has 6 rings (SSSR count). The maximum Gasteiger partial charge on any atom is 0.408 e. The molecule has 2 saturated heterocycles. The predicted molar refractivity (Wildman–Crippen MR) is 156 cm³/mol. The zero-order valence-corrected chi connectivity index (χ0v) is 23.3. The third-order valence-electron chi connectivity index (χ3n) is 8.70. The van der Waals surface area contributed by atoms with Crippen molar-refractivity contribution in [3.05, 3.63) is 95.6 Å². The molecule has 0 bridgehead atoms. The molecular weight excluding hydrogens is 534 g/mol. The first-order valence-corrected chi connectivity index (χ1v) is 14.5. The first kappa shape index (κ1) is 27.9. The number of likely N-dealkylation sites (tertiary alicyclic amines) is 1. The van der Waals surface area contributed by atoms with Crippen molar-refractivity contribution in [2.24, 2.45) is 5.92 Å². The molecule has 3 aromatic rings. The second kappa shape index (κ2) is 12.0. The molecule has 42 heavy (non-hydrogen) atoms. The molecule has 3 atom stereocenters. The number of carboxylic acids is 1. The Morgan fingerprint density at radius 2 is 1.62 bits per heavy atom. The lowest BCUT2D eigenvalue weighted by Gasteiger charge is -2.30. The summed E-state index contributed by atoms with van der Waals surface area (Å²) in [6.45, 7) is 2.19. The standard InChI is InChI=1S/C33H35N3O6/c37-30(38)29-23(14-17-41-29)18-34-31(39)33(15-16-36(21-33)19-22-8-2-1-3-9-22)35-32(40)42-20-28-26-12-6-4-10-24(26)25-11-5-7-13-27(25)28/h1-13,23,28-29H,14-21H2,(H,34,39)(H,35,40)(H,37,38)/t23-,29-,33?/m0/s1. The molecule has 1 aliphatic carbocycles. The van der Waals surface area contributed by atoms with Crippen molar-refractivity contribution in [3.8, 4) is 11.1 Å². The van der Waals surface area contributed by atoms with Crippen molar-refractivity contribution < 1.29 is 29.0 Å². The van der Waals surface area contributed by atoms with E-state index < -0.39 is 23.7 Å². The van der Waals surface area contributed by atoms with E-state index in [0.717, 1.165) is 27.8 Å². The number of nitrogens with zero attached hydrogens (tertiary/aromatic N) is 1. The number of amides is 2. The first-order chi connectivity index (χ1) is 20.4. The van der Waals surface area contributed by atoms with E-state index in [9.17, 15) is 19.5 Å². The number of benzene rings is 3. The van der Waals surface area contributed by atoms with Gasteiger partial charge in [-0.05, 0) is 40.7 Å². The first-order valence-electron chi connectivity index (χ1n) is 14.5. The summed E-state index contributed by atoms with van der Waals surface area (Å²) < 4.78 is 11.2. The third kappa shape index (κ3) is 5.62. The number of hydrogen-bond donors (Lipinski definition) is 3. The highest BCUT2D eigenvalue weighted by molar-refractivity contribution is 5.91. The molecule has 2 heterocycles. The van der Waals surface area contributed by atoms with Crippen LogP contribution in [0.3, 0.4) is 0 Å². The van der Waals surface area contributed by atoms with E-state index in [1.165, 1.54) is 0 Å². The quantitative estimate of drug-likeness (QED) is 0.359. The van der Waals surface area contributed by atoms with Gasteiger partial charge in [0.1, 0.15) is 12.1 Å². The summed E-state index contributed by atoms with van der Waals surface area (Å²) in [5, 5.41) is 15.3. The van der Waals surface area contributed by atoms with Crippen molar-refractivity contribution in [2.45, 2.75) is 36.9 Å². The van der Waals surface area contributed by atoms with E-state index in [1.54, 1.807) is 0 Å². The summed E-state index contributed by atoms with van der Waals surface area (Å²) in [6.07, 6.45) is -0.653. The van der Waals surface area contributed by atoms with Crippen LogP contribution in [-0.4, -0.2) is 72.5 Å². The number of aliphatic carboxylic acids is 1. The molecule has 0 saturated carbocycles. The zero-order valence-electron chi connectivity index (χ0n) is 23.3. The van der Waals surface area contributed by atoms with Crippen LogP contribution in [0.15, 0.2) is 78.9 Å². The number of hydrogen-bond acceptors (Lipinski definition) is 6. The summed E-state index contributed by atoms with van der Waals surface area (Å²) in [4.78, 5) is 40.7. The van der Waals surface area contributed by atoms with Gasteiger partial charge in [0, 0.05) is 44.6 Å². The fraction of sp³-hybridized carbons (Fsp3) is 0.364. The summed E-state index contributed by atoms with van der Waals surface area (Å²) in [6, 6.07) is 26.2. The maximum atomic E-state index is 13.7. The van der Waals surface area contributed by atoms with Gasteiger partial charge in [-0.3, -0.25) is 9.69 Å². The minimum Gasteiger partial charge on any atom is -0.479 e. The second-order valence-electron chi connectivity index (χ2n) is 11.4. The van der Waals surface area contributed by atoms with Crippen molar-refractivity contribution >= 4 is 18.0 Å². The molecule has 0 spiro atoms. The number of alkyl carbamates (subject to hydrolysis) is 1. The highest BCUT2D eigenvalue weighted by Crippen LogP contribution is 2.44. The van der Waals surface area contributed by atoms with Gasteiger partial charge in [-0.1, -0.05) is 78.9 Å². The number of carbonyl (C=O) groups excluding carboxylic acids is 2. The molecule has 0 aromatic heterocycles. The average molecular weight is 570 g/mol. The van der Waals surface area contributed by atoms with E-state index in [2.05, 4.69) is 39.8 Å². The highest BCUT2D eigenvalue weighted by atomic mass is 16.5. The molecule has 2 fully saturated rings. The molecule has 3 aliphatic rings. The van der Waals surface area contributed by atoms with Crippen molar-refractivity contribution in [1.82, 2.24) is 15.5 Å². The normalized spacial score (nSPS) is 23.2. The molecule has 0 radical (unpaired) electrons. The number of rotatable bonds is 9. The van der Waals surface area contributed by atoms with Crippen molar-refractivity contribution in [2.75, 3.05) is 32.8 Å². The monoisotopic (exact) mass is 569 g/mol. The second-order valence-corrected chi connectivity index (χ2v) is 11.4. The topological polar surface area (TPSA) is 117 Å². The Morgan fingerprint density at radius 1 is 0.952 bits per heavy atom. The summed E-state index contributed by atoms with van der Waals surface area (Å²) in [5.41, 5.74) is 4.40. The van der Waals surface area contributed by atoms with Gasteiger partial charge in [0.2, 0.25) is 5.91 Å². The number of nitrogens with one attached hydrogen (secondary N) is 2. The van der Waals surface area contributed by atoms with Gasteiger partial charge in [0.05, 0.1) is 0 Å². The van der Waals surface area contributed by atoms with E-state index >= 15 is 0 Å². The Hall–Kier alpha value is -4.21. The SMILES string of the molecule is O=C(NC1(C(=O)NC[C@@H]2CCO[C@@H]2C(=O)O)CCN(Cc2ccccc2)C1)OCC1c2ccccc2-c2ccccc21. The minimum absolute atomic E-state index is 0.0959. The maximum absolute atomic E-state index is 13.7. The largest absolute Gasteiger partial charge is 0.479 e. The lowest BCUT2D eigenvalue weighted by Crippen LogP contribution is -2.61. The van der Waals surface area contributed by atoms with Crippen LogP contribution in [0, 0.1) is 5.92 Å². The van der Waals surface area contributed by atoms with Crippen LogP contribution in [0.1, 0.15) is 35.4 Å². The van der Waals surface area contributed by atoms with Gasteiger partial charge in [-0.15, -0.1) is 0 Å². The Bertz CT molecular complexity index is 1420. The van der Waals surface area contributed by atoms with Gasteiger partial charge in [0.25, 0.3) is 0 Å². The van der Waals surface area contributed by atoms with Gasteiger partial charge >= 0.3 is 12.1 Å². The van der Waals surface area contributed by atoms with Crippen LogP contribution in [-0.2, 0) is 25.6 Å². The van der Waals surface area contributed by atoms with Crippen LogP contribution in [0.4, 0.5) is 4.79 Å². The molecule has 9 heteroatoms. The Labute approximate surface area is 244 Å². The van der Waals surface area contributed by atoms with E-state index in [-0.39, 0.29) is 30.9 Å². The summed E-state index contributed by atoms with van der Waals surface area (Å²) in [5.74, 6) is -1.81. The van der Waals surface area contributed by atoms with Crippen LogP contribution < -0.4 is 10.6 Å². The van der Waals surface area contributed by atoms with E-state index in [1.807, 2.05) is 54.6 Å². The molecule has 2 amide bonds. The lowest BCUT2D eigenvalue weighted by atomic mass is 9.96. The van der Waals surface area contributed by atoms with Gasteiger partial charge in [-0.2, -0.15) is 0 Å². The highest BCUT2D eigenvalue weighted by Gasteiger charge is 2.47. The van der Waals surface area contributed by atoms with Crippen molar-refractivity contribution in [1.29, 1.82) is 0 Å². The summed E-state index contributed by atoms with van der Waals surface area (Å²) in [7, 11) is 0.